The molecular formula is C23H30BrNO4. The zero-order valence-electron chi connectivity index (χ0n) is 17.5. The van der Waals surface area contributed by atoms with Gasteiger partial charge >= 0.3 is 0 Å². The molecule has 2 aromatic carbocycles. The van der Waals surface area contributed by atoms with Gasteiger partial charge in [0.2, 0.25) is 0 Å². The highest BCUT2D eigenvalue weighted by atomic mass is 79.9. The van der Waals surface area contributed by atoms with Gasteiger partial charge in [0.15, 0.2) is 6.79 Å². The molecule has 0 amide bonds. The molecule has 0 aliphatic rings. The first-order chi connectivity index (χ1) is 13.9. The van der Waals surface area contributed by atoms with E-state index in [1.165, 1.54) is 0 Å². The fourth-order valence-corrected chi connectivity index (χ4v) is 3.27. The second-order valence-electron chi connectivity index (χ2n) is 7.68. The van der Waals surface area contributed by atoms with Crippen LogP contribution in [-0.2, 0) is 14.9 Å². The number of rotatable bonds is 10. The first kappa shape index (κ1) is 23.5. The first-order valence-electron chi connectivity index (χ1n) is 9.59. The van der Waals surface area contributed by atoms with Gasteiger partial charge in [-0.05, 0) is 44.6 Å². The lowest BCUT2D eigenvalue weighted by Crippen LogP contribution is -2.13. The average Bonchev–Trinajstić information content (AvgIpc) is 2.69. The monoisotopic (exact) mass is 463 g/mol. The SMILES string of the molecule is COCCOCOc1c(Br)cc(C(C)(C)C)cc1C=NC(CO)c1ccccc1. The van der Waals surface area contributed by atoms with Gasteiger partial charge in [-0.3, -0.25) is 4.99 Å². The van der Waals surface area contributed by atoms with Gasteiger partial charge in [0.25, 0.3) is 0 Å². The summed E-state index contributed by atoms with van der Waals surface area (Å²) in [5.41, 5.74) is 2.91. The Morgan fingerprint density at radius 1 is 1.14 bits per heavy atom. The number of hydrogen-bond donors (Lipinski definition) is 1. The van der Waals surface area contributed by atoms with Crippen LogP contribution in [0.1, 0.15) is 43.5 Å². The topological polar surface area (TPSA) is 60.3 Å². The first-order valence-corrected chi connectivity index (χ1v) is 10.4. The number of hydrogen-bond acceptors (Lipinski definition) is 5. The van der Waals surface area contributed by atoms with E-state index in [0.717, 1.165) is 21.2 Å². The molecule has 2 rings (SSSR count). The van der Waals surface area contributed by atoms with Gasteiger partial charge in [-0.25, -0.2) is 0 Å². The summed E-state index contributed by atoms with van der Waals surface area (Å²) in [7, 11) is 1.63. The highest BCUT2D eigenvalue weighted by Crippen LogP contribution is 2.35. The minimum absolute atomic E-state index is 0.0333. The van der Waals surface area contributed by atoms with Crippen molar-refractivity contribution in [1.29, 1.82) is 0 Å². The van der Waals surface area contributed by atoms with Crippen molar-refractivity contribution in [3.05, 3.63) is 63.6 Å². The van der Waals surface area contributed by atoms with Crippen LogP contribution in [0.25, 0.3) is 0 Å². The number of methoxy groups -OCH3 is 1. The standard InChI is InChI=1S/C23H30BrNO4/c1-23(2,3)19-12-18(14-25-21(15-26)17-8-6-5-7-9-17)22(20(24)13-19)29-16-28-11-10-27-4/h5-9,12-14,21,26H,10-11,15-16H2,1-4H3. The van der Waals surface area contributed by atoms with Gasteiger partial charge in [-0.2, -0.15) is 0 Å². The van der Waals surface area contributed by atoms with Gasteiger partial charge in [-0.1, -0.05) is 51.1 Å². The second kappa shape index (κ2) is 11.5. The summed E-state index contributed by atoms with van der Waals surface area (Å²) in [6.07, 6.45) is 1.76. The van der Waals surface area contributed by atoms with Crippen LogP contribution in [0, 0.1) is 0 Å². The Morgan fingerprint density at radius 2 is 1.86 bits per heavy atom. The summed E-state index contributed by atoms with van der Waals surface area (Å²) in [6.45, 7) is 7.48. The van der Waals surface area contributed by atoms with Crippen molar-refractivity contribution in [2.45, 2.75) is 32.2 Å². The van der Waals surface area contributed by atoms with Gasteiger partial charge in [0, 0.05) is 18.9 Å². The van der Waals surface area contributed by atoms with Crippen LogP contribution >= 0.6 is 15.9 Å². The molecule has 1 unspecified atom stereocenters. The number of benzene rings is 2. The maximum absolute atomic E-state index is 9.80. The predicted molar refractivity (Wildman–Crippen MR) is 120 cm³/mol. The van der Waals surface area contributed by atoms with E-state index < -0.39 is 0 Å². The molecule has 1 N–H and O–H groups in total. The summed E-state index contributed by atoms with van der Waals surface area (Å²) >= 11 is 3.63. The van der Waals surface area contributed by atoms with E-state index in [9.17, 15) is 5.11 Å². The molecule has 158 valence electrons. The Bertz CT molecular complexity index is 787. The number of ether oxygens (including phenoxy) is 3. The Balaban J connectivity index is 2.31. The molecular weight excluding hydrogens is 434 g/mol. The lowest BCUT2D eigenvalue weighted by atomic mass is 9.86. The molecule has 0 saturated heterocycles. The minimum atomic E-state index is -0.334. The zero-order chi connectivity index (χ0) is 21.3. The lowest BCUT2D eigenvalue weighted by Gasteiger charge is -2.22. The van der Waals surface area contributed by atoms with Crippen molar-refractivity contribution < 1.29 is 19.3 Å². The Morgan fingerprint density at radius 3 is 2.48 bits per heavy atom. The minimum Gasteiger partial charge on any atom is -0.466 e. The predicted octanol–water partition coefficient (Wildman–Crippen LogP) is 4.90. The van der Waals surface area contributed by atoms with Crippen LogP contribution in [0.15, 0.2) is 51.9 Å². The van der Waals surface area contributed by atoms with E-state index in [0.29, 0.717) is 19.0 Å². The molecule has 2 aromatic rings. The summed E-state index contributed by atoms with van der Waals surface area (Å²) in [5, 5.41) is 9.80. The third-order valence-electron chi connectivity index (χ3n) is 4.41. The Kier molecular flexibility index (Phi) is 9.30. The molecule has 0 radical (unpaired) electrons. The van der Waals surface area contributed by atoms with Crippen LogP contribution in [0.5, 0.6) is 5.75 Å². The highest BCUT2D eigenvalue weighted by molar-refractivity contribution is 9.10. The van der Waals surface area contributed by atoms with Crippen LogP contribution in [-0.4, -0.2) is 45.0 Å². The summed E-state index contributed by atoms with van der Waals surface area (Å²) in [4.78, 5) is 4.63. The van der Waals surface area contributed by atoms with Crippen molar-refractivity contribution in [1.82, 2.24) is 0 Å². The average molecular weight is 464 g/mol. The number of aliphatic imine (C=N–C) groups is 1. The molecule has 6 heteroatoms. The molecule has 0 fully saturated rings. The van der Waals surface area contributed by atoms with Crippen molar-refractivity contribution >= 4 is 22.1 Å². The van der Waals surface area contributed by atoms with Gasteiger partial charge in [0.05, 0.1) is 30.3 Å². The van der Waals surface area contributed by atoms with E-state index >= 15 is 0 Å². The van der Waals surface area contributed by atoms with Crippen molar-refractivity contribution in [2.75, 3.05) is 33.7 Å². The quantitative estimate of drug-likeness (QED) is 0.309. The van der Waals surface area contributed by atoms with Gasteiger partial charge in [0.1, 0.15) is 5.75 Å². The van der Waals surface area contributed by atoms with Crippen LogP contribution < -0.4 is 4.74 Å². The molecule has 0 aliphatic carbocycles. The van der Waals surface area contributed by atoms with Crippen LogP contribution in [0.3, 0.4) is 0 Å². The lowest BCUT2D eigenvalue weighted by molar-refractivity contribution is -0.00886. The van der Waals surface area contributed by atoms with Gasteiger partial charge < -0.3 is 19.3 Å². The number of halogens is 1. The van der Waals surface area contributed by atoms with Crippen molar-refractivity contribution in [2.24, 2.45) is 4.99 Å². The molecule has 0 saturated carbocycles. The van der Waals surface area contributed by atoms with E-state index in [-0.39, 0.29) is 24.9 Å². The van der Waals surface area contributed by atoms with E-state index in [1.807, 2.05) is 30.3 Å². The van der Waals surface area contributed by atoms with E-state index in [1.54, 1.807) is 13.3 Å². The Labute approximate surface area is 181 Å². The largest absolute Gasteiger partial charge is 0.466 e. The maximum Gasteiger partial charge on any atom is 0.189 e. The molecule has 0 bridgehead atoms. The summed E-state index contributed by atoms with van der Waals surface area (Å²) < 4.78 is 17.1. The zero-order valence-corrected chi connectivity index (χ0v) is 19.1. The van der Waals surface area contributed by atoms with Crippen LogP contribution in [0.4, 0.5) is 0 Å². The Hall–Kier alpha value is -1.73. The third-order valence-corrected chi connectivity index (χ3v) is 5.00. The molecule has 0 spiro atoms. The maximum atomic E-state index is 9.80. The highest BCUT2D eigenvalue weighted by Gasteiger charge is 2.19. The molecule has 0 aliphatic heterocycles. The molecule has 29 heavy (non-hydrogen) atoms. The second-order valence-corrected chi connectivity index (χ2v) is 8.53. The third kappa shape index (κ3) is 7.23. The summed E-state index contributed by atoms with van der Waals surface area (Å²) in [5.74, 6) is 0.656. The van der Waals surface area contributed by atoms with Gasteiger partial charge in [-0.15, -0.1) is 0 Å². The van der Waals surface area contributed by atoms with E-state index in [4.69, 9.17) is 14.2 Å². The van der Waals surface area contributed by atoms with Crippen molar-refractivity contribution in [3.8, 4) is 5.75 Å². The van der Waals surface area contributed by atoms with Crippen LogP contribution in [0.2, 0.25) is 0 Å². The normalized spacial score (nSPS) is 13.0. The molecule has 5 nitrogen and oxygen atoms in total. The molecule has 0 heterocycles. The fourth-order valence-electron chi connectivity index (χ4n) is 2.68. The van der Waals surface area contributed by atoms with E-state index in [2.05, 4.69) is 53.8 Å². The number of aliphatic hydroxyl groups excluding tert-OH is 1. The number of nitrogens with zero attached hydrogens (tertiary/aromatic N) is 1. The van der Waals surface area contributed by atoms with Crippen molar-refractivity contribution in [3.63, 3.8) is 0 Å². The summed E-state index contributed by atoms with van der Waals surface area (Å²) in [6, 6.07) is 13.5. The smallest absolute Gasteiger partial charge is 0.189 e. The molecule has 1 atom stereocenters. The molecule has 0 aromatic heterocycles. The number of aliphatic hydroxyl groups is 1. The fraction of sp³-hybridized carbons (Fsp3) is 0.435.